The van der Waals surface area contributed by atoms with Crippen molar-refractivity contribution in [3.05, 3.63) is 98.7 Å². The zero-order valence-corrected chi connectivity index (χ0v) is 22.3. The number of carboxylic acids is 1. The van der Waals surface area contributed by atoms with Crippen LogP contribution >= 0.6 is 23.2 Å². The van der Waals surface area contributed by atoms with E-state index in [2.05, 4.69) is 29.2 Å². The predicted octanol–water partition coefficient (Wildman–Crippen LogP) is 7.93. The van der Waals surface area contributed by atoms with Crippen molar-refractivity contribution in [2.75, 3.05) is 11.9 Å². The number of benzene rings is 3. The molecule has 0 spiro atoms. The average Bonchev–Trinajstić information content (AvgIpc) is 3.67. The molecule has 194 valence electrons. The SMILES string of the molecule is CN1c2ccc(OCc3c(-c4c(Cl)cccc4Cl)noc3C3CC3)cc2CCC1c1cccc(C(=O)O)c1. The summed E-state index contributed by atoms with van der Waals surface area (Å²) in [5, 5.41) is 14.8. The summed E-state index contributed by atoms with van der Waals surface area (Å²) in [6, 6.07) is 18.8. The Morgan fingerprint density at radius 2 is 1.84 bits per heavy atom. The molecule has 0 saturated heterocycles. The van der Waals surface area contributed by atoms with Gasteiger partial charge in [-0.3, -0.25) is 0 Å². The van der Waals surface area contributed by atoms with Crippen LogP contribution in [0.5, 0.6) is 5.75 Å². The minimum Gasteiger partial charge on any atom is -0.489 e. The molecule has 1 unspecified atom stereocenters. The lowest BCUT2D eigenvalue weighted by Gasteiger charge is -2.36. The fourth-order valence-corrected chi connectivity index (χ4v) is 5.90. The minimum atomic E-state index is -0.912. The second-order valence-electron chi connectivity index (χ2n) is 9.92. The maximum absolute atomic E-state index is 11.4. The van der Waals surface area contributed by atoms with Gasteiger partial charge < -0.3 is 19.3 Å². The lowest BCUT2D eigenvalue weighted by molar-refractivity contribution is 0.0696. The first-order valence-corrected chi connectivity index (χ1v) is 13.4. The van der Waals surface area contributed by atoms with E-state index in [9.17, 15) is 9.90 Å². The third kappa shape index (κ3) is 4.63. The molecule has 3 aromatic carbocycles. The monoisotopic (exact) mass is 548 g/mol. The number of ether oxygens (including phenoxy) is 1. The van der Waals surface area contributed by atoms with E-state index in [0.717, 1.165) is 54.0 Å². The summed E-state index contributed by atoms with van der Waals surface area (Å²) in [5.41, 5.74) is 5.79. The maximum atomic E-state index is 11.4. The molecule has 6 nitrogen and oxygen atoms in total. The van der Waals surface area contributed by atoms with Crippen LogP contribution in [0.15, 0.2) is 65.2 Å². The Hall–Kier alpha value is -3.48. The second-order valence-corrected chi connectivity index (χ2v) is 10.7. The van der Waals surface area contributed by atoms with Gasteiger partial charge in [0.1, 0.15) is 23.8 Å². The first-order valence-electron chi connectivity index (χ1n) is 12.7. The molecule has 1 aliphatic carbocycles. The summed E-state index contributed by atoms with van der Waals surface area (Å²) in [5.74, 6) is 1.05. The zero-order chi connectivity index (χ0) is 26.4. The Kier molecular flexibility index (Phi) is 6.54. The highest BCUT2D eigenvalue weighted by Gasteiger charge is 2.34. The Labute approximate surface area is 230 Å². The van der Waals surface area contributed by atoms with Crippen molar-refractivity contribution in [2.24, 2.45) is 0 Å². The molecule has 1 aliphatic heterocycles. The minimum absolute atomic E-state index is 0.106. The predicted molar refractivity (Wildman–Crippen MR) is 148 cm³/mol. The number of hydrogen-bond acceptors (Lipinski definition) is 5. The van der Waals surface area contributed by atoms with E-state index in [0.29, 0.717) is 39.4 Å². The fourth-order valence-electron chi connectivity index (χ4n) is 5.32. The van der Waals surface area contributed by atoms with E-state index in [1.54, 1.807) is 24.3 Å². The number of carboxylic acid groups (broad SMARTS) is 1. The van der Waals surface area contributed by atoms with Gasteiger partial charge in [-0.25, -0.2) is 4.79 Å². The molecule has 6 rings (SSSR count). The van der Waals surface area contributed by atoms with Crippen LogP contribution in [-0.2, 0) is 13.0 Å². The Morgan fingerprint density at radius 3 is 2.58 bits per heavy atom. The molecule has 4 aromatic rings. The standard InChI is InChI=1S/C30H26Cl2N2O4/c1-34-25(18-4-2-5-20(14-18)30(35)36)12-10-19-15-21(11-13-26(19)34)37-16-22-28(33-38-29(22)17-8-9-17)27-23(31)6-3-7-24(27)32/h2-7,11,13-15,17,25H,8-10,12,16H2,1H3,(H,35,36). The molecular weight excluding hydrogens is 523 g/mol. The number of aromatic carboxylic acids is 1. The summed E-state index contributed by atoms with van der Waals surface area (Å²) in [4.78, 5) is 13.7. The molecule has 1 aromatic heterocycles. The molecule has 8 heteroatoms. The number of halogens is 2. The first kappa shape index (κ1) is 24.8. The van der Waals surface area contributed by atoms with Gasteiger partial charge in [0.05, 0.1) is 27.2 Å². The number of anilines is 1. The Morgan fingerprint density at radius 1 is 1.08 bits per heavy atom. The number of hydrogen-bond donors (Lipinski definition) is 1. The first-order chi connectivity index (χ1) is 18.4. The highest BCUT2D eigenvalue weighted by atomic mass is 35.5. The molecule has 1 atom stereocenters. The molecule has 0 amide bonds. The summed E-state index contributed by atoms with van der Waals surface area (Å²) >= 11 is 13.0. The Bertz CT molecular complexity index is 1510. The quantitative estimate of drug-likeness (QED) is 0.252. The van der Waals surface area contributed by atoms with Gasteiger partial charge in [-0.1, -0.05) is 46.6 Å². The van der Waals surface area contributed by atoms with Crippen LogP contribution in [0.2, 0.25) is 10.0 Å². The van der Waals surface area contributed by atoms with Gasteiger partial charge >= 0.3 is 5.97 Å². The van der Waals surface area contributed by atoms with Crippen molar-refractivity contribution in [3.63, 3.8) is 0 Å². The molecule has 1 N–H and O–H groups in total. The van der Waals surface area contributed by atoms with Crippen molar-refractivity contribution in [1.82, 2.24) is 5.16 Å². The van der Waals surface area contributed by atoms with E-state index in [1.165, 1.54) is 5.56 Å². The largest absolute Gasteiger partial charge is 0.489 e. The van der Waals surface area contributed by atoms with Crippen molar-refractivity contribution in [3.8, 4) is 17.0 Å². The molecule has 38 heavy (non-hydrogen) atoms. The van der Waals surface area contributed by atoms with E-state index < -0.39 is 5.97 Å². The lowest BCUT2D eigenvalue weighted by atomic mass is 9.91. The number of aryl methyl sites for hydroxylation is 1. The van der Waals surface area contributed by atoms with Gasteiger partial charge in [-0.15, -0.1) is 0 Å². The molecule has 2 heterocycles. The van der Waals surface area contributed by atoms with Gasteiger partial charge in [0, 0.05) is 24.2 Å². The van der Waals surface area contributed by atoms with Crippen LogP contribution < -0.4 is 9.64 Å². The fraction of sp³-hybridized carbons (Fsp3) is 0.267. The number of carbonyl (C=O) groups is 1. The van der Waals surface area contributed by atoms with E-state index >= 15 is 0 Å². The molecule has 1 fully saturated rings. The van der Waals surface area contributed by atoms with Gasteiger partial charge in [0.15, 0.2) is 0 Å². The molecule has 0 bridgehead atoms. The Balaban J connectivity index is 1.24. The summed E-state index contributed by atoms with van der Waals surface area (Å²) in [6.45, 7) is 0.297. The number of nitrogens with zero attached hydrogens (tertiary/aromatic N) is 2. The summed E-state index contributed by atoms with van der Waals surface area (Å²) in [6.07, 6.45) is 3.88. The van der Waals surface area contributed by atoms with Gasteiger partial charge in [-0.05, 0) is 79.3 Å². The highest BCUT2D eigenvalue weighted by molar-refractivity contribution is 6.39. The number of fused-ring (bicyclic) bond motifs is 1. The molecule has 0 radical (unpaired) electrons. The van der Waals surface area contributed by atoms with Crippen LogP contribution in [0.25, 0.3) is 11.3 Å². The number of rotatable bonds is 7. The van der Waals surface area contributed by atoms with Crippen molar-refractivity contribution in [1.29, 1.82) is 0 Å². The average molecular weight is 549 g/mol. The third-order valence-electron chi connectivity index (χ3n) is 7.45. The smallest absolute Gasteiger partial charge is 0.335 e. The molecule has 1 saturated carbocycles. The van der Waals surface area contributed by atoms with Crippen LogP contribution in [0.3, 0.4) is 0 Å². The molecule has 2 aliphatic rings. The van der Waals surface area contributed by atoms with Crippen LogP contribution in [0.4, 0.5) is 5.69 Å². The van der Waals surface area contributed by atoms with Gasteiger partial charge in [0.25, 0.3) is 0 Å². The highest BCUT2D eigenvalue weighted by Crippen LogP contribution is 2.46. The normalized spacial score (nSPS) is 16.8. The lowest BCUT2D eigenvalue weighted by Crippen LogP contribution is -2.29. The topological polar surface area (TPSA) is 75.8 Å². The zero-order valence-electron chi connectivity index (χ0n) is 20.8. The van der Waals surface area contributed by atoms with Crippen molar-refractivity contribution < 1.29 is 19.2 Å². The van der Waals surface area contributed by atoms with Crippen molar-refractivity contribution >= 4 is 34.9 Å². The van der Waals surface area contributed by atoms with Crippen molar-refractivity contribution in [2.45, 2.75) is 44.2 Å². The van der Waals surface area contributed by atoms with E-state index in [-0.39, 0.29) is 6.04 Å². The number of aromatic nitrogens is 1. The van der Waals surface area contributed by atoms with Crippen LogP contribution in [-0.4, -0.2) is 23.3 Å². The van der Waals surface area contributed by atoms with E-state index in [4.69, 9.17) is 32.5 Å². The van der Waals surface area contributed by atoms with Crippen LogP contribution in [0.1, 0.15) is 64.0 Å². The maximum Gasteiger partial charge on any atom is 0.335 e. The second kappa shape index (κ2) is 10.0. The third-order valence-corrected chi connectivity index (χ3v) is 8.08. The summed E-state index contributed by atoms with van der Waals surface area (Å²) in [7, 11) is 2.05. The van der Waals surface area contributed by atoms with Crippen LogP contribution in [0, 0.1) is 0 Å². The summed E-state index contributed by atoms with van der Waals surface area (Å²) < 4.78 is 12.1. The molecular formula is C30H26Cl2N2O4. The van der Waals surface area contributed by atoms with E-state index in [1.807, 2.05) is 24.3 Å². The van der Waals surface area contributed by atoms with Gasteiger partial charge in [0.2, 0.25) is 0 Å². The van der Waals surface area contributed by atoms with Gasteiger partial charge in [-0.2, -0.15) is 0 Å².